The van der Waals surface area contributed by atoms with Crippen LogP contribution in [0.25, 0.3) is 0 Å². The lowest BCUT2D eigenvalue weighted by Gasteiger charge is -2.10. The lowest BCUT2D eigenvalue weighted by molar-refractivity contribution is -0.118. The molecule has 0 atom stereocenters. The molecule has 0 aliphatic rings. The summed E-state index contributed by atoms with van der Waals surface area (Å²) in [7, 11) is 0. The van der Waals surface area contributed by atoms with Crippen LogP contribution in [0.2, 0.25) is 0 Å². The average Bonchev–Trinajstić information content (AvgIpc) is 2.42. The zero-order chi connectivity index (χ0) is 14.5. The number of aryl methyl sites for hydroxylation is 4. The van der Waals surface area contributed by atoms with E-state index in [0.29, 0.717) is 18.6 Å². The van der Waals surface area contributed by atoms with Crippen molar-refractivity contribution >= 4 is 5.78 Å². The van der Waals surface area contributed by atoms with E-state index in [2.05, 4.69) is 45.0 Å². The van der Waals surface area contributed by atoms with Gasteiger partial charge in [0.2, 0.25) is 0 Å². The van der Waals surface area contributed by atoms with Crippen LogP contribution in [0.4, 0.5) is 0 Å². The molecule has 0 radical (unpaired) electrons. The van der Waals surface area contributed by atoms with E-state index in [-0.39, 0.29) is 0 Å². The van der Waals surface area contributed by atoms with Gasteiger partial charge in [-0.1, -0.05) is 48.0 Å². The van der Waals surface area contributed by atoms with Crippen LogP contribution in [0.15, 0.2) is 42.5 Å². The van der Waals surface area contributed by atoms with Crippen molar-refractivity contribution in [2.75, 3.05) is 0 Å². The molecule has 1 heteroatoms. The Balaban J connectivity index is 1.98. The van der Waals surface area contributed by atoms with E-state index in [1.807, 2.05) is 18.2 Å². The highest BCUT2D eigenvalue weighted by Gasteiger charge is 2.09. The topological polar surface area (TPSA) is 17.1 Å². The Morgan fingerprint density at radius 1 is 0.950 bits per heavy atom. The standard InChI is InChI=1S/C19H22O/c1-14-11-15(2)19(16(3)12-14)13-18(20)10-9-17-7-5-4-6-8-17/h4-8,11-12H,9-10,13H2,1-3H3. The number of rotatable bonds is 5. The SMILES string of the molecule is Cc1cc(C)c(CC(=O)CCc2ccccc2)c(C)c1. The Labute approximate surface area is 121 Å². The molecule has 2 rings (SSSR count). The third-order valence-corrected chi connectivity index (χ3v) is 3.75. The van der Waals surface area contributed by atoms with Crippen molar-refractivity contribution in [3.63, 3.8) is 0 Å². The average molecular weight is 266 g/mol. The van der Waals surface area contributed by atoms with Gasteiger partial charge in [-0.15, -0.1) is 0 Å². The highest BCUT2D eigenvalue weighted by Crippen LogP contribution is 2.18. The Hall–Kier alpha value is -1.89. The van der Waals surface area contributed by atoms with Crippen LogP contribution in [0.3, 0.4) is 0 Å². The molecular formula is C19H22O. The van der Waals surface area contributed by atoms with E-state index in [0.717, 1.165) is 6.42 Å². The van der Waals surface area contributed by atoms with Crippen LogP contribution in [0.1, 0.15) is 34.2 Å². The Kier molecular flexibility index (Phi) is 4.73. The molecule has 0 aromatic heterocycles. The fourth-order valence-corrected chi connectivity index (χ4v) is 2.70. The van der Waals surface area contributed by atoms with E-state index in [4.69, 9.17) is 0 Å². The number of benzene rings is 2. The molecule has 0 heterocycles. The molecule has 0 N–H and O–H groups in total. The summed E-state index contributed by atoms with van der Waals surface area (Å²) in [6.07, 6.45) is 2.02. The van der Waals surface area contributed by atoms with E-state index >= 15 is 0 Å². The normalized spacial score (nSPS) is 10.6. The molecule has 0 bridgehead atoms. The molecule has 0 aliphatic heterocycles. The van der Waals surface area contributed by atoms with E-state index in [1.165, 1.54) is 27.8 Å². The van der Waals surface area contributed by atoms with Crippen molar-refractivity contribution in [1.82, 2.24) is 0 Å². The van der Waals surface area contributed by atoms with Gasteiger partial charge in [0.25, 0.3) is 0 Å². The lowest BCUT2D eigenvalue weighted by atomic mass is 9.94. The Bertz CT molecular complexity index is 573. The number of Topliss-reactive ketones (excluding diaryl/α,β-unsaturated/α-hetero) is 1. The fourth-order valence-electron chi connectivity index (χ4n) is 2.70. The van der Waals surface area contributed by atoms with Crippen LogP contribution >= 0.6 is 0 Å². The predicted octanol–water partition coefficient (Wildman–Crippen LogP) is 4.36. The first-order valence-corrected chi connectivity index (χ1v) is 7.18. The first kappa shape index (κ1) is 14.5. The Morgan fingerprint density at radius 2 is 1.55 bits per heavy atom. The van der Waals surface area contributed by atoms with Gasteiger partial charge in [0, 0.05) is 12.8 Å². The summed E-state index contributed by atoms with van der Waals surface area (Å²) in [4.78, 5) is 12.2. The molecule has 1 nitrogen and oxygen atoms in total. The van der Waals surface area contributed by atoms with Gasteiger partial charge < -0.3 is 0 Å². The minimum atomic E-state index is 0.323. The maximum Gasteiger partial charge on any atom is 0.137 e. The zero-order valence-electron chi connectivity index (χ0n) is 12.6. The summed E-state index contributed by atoms with van der Waals surface area (Å²) < 4.78 is 0. The molecule has 0 saturated heterocycles. The van der Waals surface area contributed by atoms with Gasteiger partial charge in [-0.25, -0.2) is 0 Å². The van der Waals surface area contributed by atoms with Crippen LogP contribution < -0.4 is 0 Å². The second kappa shape index (κ2) is 6.51. The van der Waals surface area contributed by atoms with Crippen LogP contribution in [-0.4, -0.2) is 5.78 Å². The maximum atomic E-state index is 12.2. The third kappa shape index (κ3) is 3.80. The quantitative estimate of drug-likeness (QED) is 0.786. The molecule has 0 unspecified atom stereocenters. The van der Waals surface area contributed by atoms with Gasteiger partial charge in [-0.2, -0.15) is 0 Å². The van der Waals surface area contributed by atoms with Gasteiger partial charge >= 0.3 is 0 Å². The van der Waals surface area contributed by atoms with Gasteiger partial charge in [0.05, 0.1) is 0 Å². The van der Waals surface area contributed by atoms with Gasteiger partial charge in [-0.3, -0.25) is 4.79 Å². The largest absolute Gasteiger partial charge is 0.299 e. The summed E-state index contributed by atoms with van der Waals surface area (Å²) in [5, 5.41) is 0. The molecule has 0 aliphatic carbocycles. The highest BCUT2D eigenvalue weighted by molar-refractivity contribution is 5.81. The minimum absolute atomic E-state index is 0.323. The van der Waals surface area contributed by atoms with Gasteiger partial charge in [0.15, 0.2) is 0 Å². The zero-order valence-corrected chi connectivity index (χ0v) is 12.6. The molecule has 0 fully saturated rings. The minimum Gasteiger partial charge on any atom is -0.299 e. The van der Waals surface area contributed by atoms with E-state index in [1.54, 1.807) is 0 Å². The second-order valence-electron chi connectivity index (χ2n) is 5.58. The molecule has 20 heavy (non-hydrogen) atoms. The molecule has 2 aromatic rings. The summed E-state index contributed by atoms with van der Waals surface area (Å²) in [6, 6.07) is 14.5. The van der Waals surface area contributed by atoms with Gasteiger partial charge in [0.1, 0.15) is 5.78 Å². The van der Waals surface area contributed by atoms with Crippen molar-refractivity contribution in [2.45, 2.75) is 40.0 Å². The summed E-state index contributed by atoms with van der Waals surface area (Å²) in [5.74, 6) is 0.323. The maximum absolute atomic E-state index is 12.2. The van der Waals surface area contributed by atoms with E-state index in [9.17, 15) is 4.79 Å². The van der Waals surface area contributed by atoms with Gasteiger partial charge in [-0.05, 0) is 49.4 Å². The number of hydrogen-bond donors (Lipinski definition) is 0. The number of hydrogen-bond acceptors (Lipinski definition) is 1. The molecule has 0 spiro atoms. The van der Waals surface area contributed by atoms with Crippen molar-refractivity contribution in [3.8, 4) is 0 Å². The van der Waals surface area contributed by atoms with Crippen molar-refractivity contribution in [1.29, 1.82) is 0 Å². The number of ketones is 1. The second-order valence-corrected chi connectivity index (χ2v) is 5.58. The smallest absolute Gasteiger partial charge is 0.137 e. The molecule has 0 amide bonds. The Morgan fingerprint density at radius 3 is 2.15 bits per heavy atom. The fraction of sp³-hybridized carbons (Fsp3) is 0.316. The van der Waals surface area contributed by atoms with Crippen LogP contribution in [-0.2, 0) is 17.6 Å². The molecule has 104 valence electrons. The van der Waals surface area contributed by atoms with Crippen molar-refractivity contribution < 1.29 is 4.79 Å². The van der Waals surface area contributed by atoms with Crippen molar-refractivity contribution in [3.05, 3.63) is 70.3 Å². The molecule has 0 saturated carbocycles. The van der Waals surface area contributed by atoms with E-state index < -0.39 is 0 Å². The lowest BCUT2D eigenvalue weighted by Crippen LogP contribution is -2.07. The monoisotopic (exact) mass is 266 g/mol. The highest BCUT2D eigenvalue weighted by atomic mass is 16.1. The summed E-state index contributed by atoms with van der Waals surface area (Å²) in [5.41, 5.74) is 6.17. The summed E-state index contributed by atoms with van der Waals surface area (Å²) in [6.45, 7) is 6.29. The first-order chi connectivity index (χ1) is 9.56. The molecular weight excluding hydrogens is 244 g/mol. The van der Waals surface area contributed by atoms with Crippen molar-refractivity contribution in [2.24, 2.45) is 0 Å². The summed E-state index contributed by atoms with van der Waals surface area (Å²) >= 11 is 0. The molecule has 2 aromatic carbocycles. The third-order valence-electron chi connectivity index (χ3n) is 3.75. The first-order valence-electron chi connectivity index (χ1n) is 7.18. The predicted molar refractivity (Wildman–Crippen MR) is 84.1 cm³/mol. The number of carbonyl (C=O) groups is 1. The van der Waals surface area contributed by atoms with Crippen LogP contribution in [0, 0.1) is 20.8 Å². The number of carbonyl (C=O) groups excluding carboxylic acids is 1. The van der Waals surface area contributed by atoms with Crippen LogP contribution in [0.5, 0.6) is 0 Å².